The average Bonchev–Trinajstić information content (AvgIpc) is 3.36. The molecule has 1 aromatic heterocycles. The fraction of sp³-hybridized carbons (Fsp3) is 0.514. The number of rotatable bonds is 8. The molecule has 4 rings (SSSR count). The van der Waals surface area contributed by atoms with Gasteiger partial charge in [-0.3, -0.25) is 9.69 Å². The molecule has 0 bridgehead atoms. The first-order valence-electron chi connectivity index (χ1n) is 16.3. The second-order valence-electron chi connectivity index (χ2n) is 12.7. The number of likely N-dealkylation sites (N-methyl/N-ethyl adjacent to an activating group) is 1. The summed E-state index contributed by atoms with van der Waals surface area (Å²) in [6.45, 7) is 11.2. The summed E-state index contributed by atoms with van der Waals surface area (Å²) in [4.78, 5) is 31.1. The van der Waals surface area contributed by atoms with Crippen molar-refractivity contribution < 1.29 is 28.7 Å². The zero-order valence-electron chi connectivity index (χ0n) is 28.5. The number of aliphatic hydroxyl groups is 1. The molecule has 48 heavy (non-hydrogen) atoms. The number of aromatic nitrogens is 1. The Balaban J connectivity index is 1.59. The summed E-state index contributed by atoms with van der Waals surface area (Å²) < 4.78 is 17.9. The van der Waals surface area contributed by atoms with Gasteiger partial charge in [-0.1, -0.05) is 41.3 Å². The number of hydrogen-bond donors (Lipinski definition) is 3. The largest absolute Gasteiger partial charge is 0.490 e. The molecule has 0 unspecified atom stereocenters. The van der Waals surface area contributed by atoms with Gasteiger partial charge < -0.3 is 34.6 Å². The third-order valence-corrected chi connectivity index (χ3v) is 9.25. The van der Waals surface area contributed by atoms with Crippen LogP contribution in [0.4, 0.5) is 16.2 Å². The summed E-state index contributed by atoms with van der Waals surface area (Å²) in [5, 5.41) is 20.7. The lowest BCUT2D eigenvalue weighted by molar-refractivity contribution is -0.0177. The highest BCUT2D eigenvalue weighted by Gasteiger charge is 2.30. The Morgan fingerprint density at radius 2 is 1.90 bits per heavy atom. The number of benzene rings is 2. The molecule has 0 aliphatic carbocycles. The number of urea groups is 1. The van der Waals surface area contributed by atoms with Gasteiger partial charge in [0.05, 0.1) is 40.5 Å². The molecule has 2 aromatic carbocycles. The van der Waals surface area contributed by atoms with Crippen molar-refractivity contribution in [1.82, 2.24) is 15.0 Å². The van der Waals surface area contributed by atoms with Gasteiger partial charge in [0, 0.05) is 37.8 Å². The van der Waals surface area contributed by atoms with E-state index in [-0.39, 0.29) is 36.2 Å². The summed E-state index contributed by atoms with van der Waals surface area (Å²) in [6, 6.07) is 9.63. The molecule has 13 heteroatoms. The van der Waals surface area contributed by atoms with Crippen molar-refractivity contribution in [1.29, 1.82) is 0 Å². The van der Waals surface area contributed by atoms with E-state index in [4.69, 9.17) is 37.2 Å². The molecule has 0 spiro atoms. The van der Waals surface area contributed by atoms with E-state index in [2.05, 4.69) is 27.6 Å². The highest BCUT2D eigenvalue weighted by atomic mass is 35.5. The first kappa shape index (κ1) is 37.5. The highest BCUT2D eigenvalue weighted by molar-refractivity contribution is 6.42. The second-order valence-corrected chi connectivity index (χ2v) is 13.5. The van der Waals surface area contributed by atoms with Gasteiger partial charge in [0.2, 0.25) is 0 Å². The van der Waals surface area contributed by atoms with Crippen molar-refractivity contribution in [3.05, 3.63) is 69.0 Å². The van der Waals surface area contributed by atoms with Gasteiger partial charge in [0.15, 0.2) is 5.76 Å². The molecule has 11 nitrogen and oxygen atoms in total. The van der Waals surface area contributed by atoms with E-state index in [1.807, 2.05) is 33.0 Å². The van der Waals surface area contributed by atoms with Gasteiger partial charge in [-0.25, -0.2) is 4.79 Å². The molecule has 1 aliphatic rings. The van der Waals surface area contributed by atoms with Crippen molar-refractivity contribution in [2.24, 2.45) is 5.92 Å². The van der Waals surface area contributed by atoms with Gasteiger partial charge in [-0.05, 0) is 89.9 Å². The molecule has 262 valence electrons. The number of aliphatic hydroxyl groups excluding tert-OH is 1. The second kappa shape index (κ2) is 17.3. The van der Waals surface area contributed by atoms with E-state index in [0.29, 0.717) is 64.9 Å². The number of anilines is 2. The Morgan fingerprint density at radius 1 is 1.12 bits per heavy atom. The molecule has 3 amide bonds. The molecule has 0 saturated heterocycles. The molecule has 2 heterocycles. The van der Waals surface area contributed by atoms with Crippen LogP contribution in [0.2, 0.25) is 10.0 Å². The van der Waals surface area contributed by atoms with E-state index in [0.717, 1.165) is 24.8 Å². The standard InChI is InChI=1S/C35H47Cl2N5O6/c1-21-17-42(22(2)20-43)34(44)28-16-27(38-35(45)39-33-24(4)40-48-25(33)5)11-13-31(28)47-23(3)9-7-8-14-46-32(21)19-41(6)18-26-10-12-29(36)30(37)15-26/h10-13,15-16,21-23,32,43H,7-9,14,17-20H2,1-6H3,(H2,38,39,45)/t21-,22-,23+,32+/m0/s1. The summed E-state index contributed by atoms with van der Waals surface area (Å²) in [7, 11) is 2.02. The zero-order valence-corrected chi connectivity index (χ0v) is 30.0. The average molecular weight is 705 g/mol. The van der Waals surface area contributed by atoms with E-state index < -0.39 is 12.1 Å². The number of halogens is 2. The first-order valence-corrected chi connectivity index (χ1v) is 17.1. The van der Waals surface area contributed by atoms with Crippen molar-refractivity contribution in [3.8, 4) is 5.75 Å². The Kier molecular flexibility index (Phi) is 13.5. The Hall–Kier alpha value is -3.35. The van der Waals surface area contributed by atoms with E-state index >= 15 is 0 Å². The van der Waals surface area contributed by atoms with Crippen molar-refractivity contribution >= 4 is 46.5 Å². The van der Waals surface area contributed by atoms with E-state index in [1.165, 1.54) is 0 Å². The third-order valence-electron chi connectivity index (χ3n) is 8.51. The molecular weight excluding hydrogens is 657 g/mol. The maximum atomic E-state index is 14.4. The highest BCUT2D eigenvalue weighted by Crippen LogP contribution is 2.29. The van der Waals surface area contributed by atoms with Crippen molar-refractivity contribution in [3.63, 3.8) is 0 Å². The monoisotopic (exact) mass is 703 g/mol. The molecule has 3 aromatic rings. The Labute approximate surface area is 292 Å². The van der Waals surface area contributed by atoms with Crippen molar-refractivity contribution in [2.75, 3.05) is 44.0 Å². The smallest absolute Gasteiger partial charge is 0.323 e. The summed E-state index contributed by atoms with van der Waals surface area (Å²) >= 11 is 12.4. The third kappa shape index (κ3) is 10.1. The molecule has 0 radical (unpaired) electrons. The fourth-order valence-corrected chi connectivity index (χ4v) is 6.04. The number of fused-ring (bicyclic) bond motifs is 1. The van der Waals surface area contributed by atoms with Gasteiger partial charge in [0.25, 0.3) is 5.91 Å². The minimum absolute atomic E-state index is 0.0902. The molecule has 1 aliphatic heterocycles. The number of amides is 3. The van der Waals surface area contributed by atoms with Crippen LogP contribution in [0.5, 0.6) is 5.75 Å². The predicted molar refractivity (Wildman–Crippen MR) is 188 cm³/mol. The lowest BCUT2D eigenvalue weighted by atomic mass is 10.0. The minimum atomic E-state index is -0.508. The SMILES string of the molecule is Cc1noc(C)c1NC(=O)Nc1ccc2c(c1)C(=O)N([C@@H](C)CO)C[C@H](C)[C@@H](CN(C)Cc1ccc(Cl)c(Cl)c1)OCCCC[C@@H](C)O2. The lowest BCUT2D eigenvalue weighted by Gasteiger charge is -2.36. The number of hydrogen-bond acceptors (Lipinski definition) is 8. The van der Waals surface area contributed by atoms with Crippen LogP contribution < -0.4 is 15.4 Å². The van der Waals surface area contributed by atoms with Crippen LogP contribution >= 0.6 is 23.2 Å². The number of nitrogens with one attached hydrogen (secondary N) is 2. The predicted octanol–water partition coefficient (Wildman–Crippen LogP) is 7.17. The Bertz CT molecular complexity index is 1530. The van der Waals surface area contributed by atoms with Gasteiger partial charge >= 0.3 is 6.03 Å². The number of ether oxygens (including phenoxy) is 2. The fourth-order valence-electron chi connectivity index (χ4n) is 5.72. The van der Waals surface area contributed by atoms with Crippen LogP contribution in [0.3, 0.4) is 0 Å². The number of nitrogens with zero attached hydrogens (tertiary/aromatic N) is 3. The lowest BCUT2D eigenvalue weighted by Crippen LogP contribution is -2.47. The van der Waals surface area contributed by atoms with E-state index in [1.54, 1.807) is 43.0 Å². The summed E-state index contributed by atoms with van der Waals surface area (Å²) in [6.07, 6.45) is 2.15. The molecule has 0 saturated carbocycles. The normalized spacial score (nSPS) is 20.1. The number of aryl methyl sites for hydroxylation is 2. The Morgan fingerprint density at radius 3 is 2.58 bits per heavy atom. The molecular formula is C35H47Cl2N5O6. The maximum Gasteiger partial charge on any atom is 0.323 e. The molecule has 4 atom stereocenters. The van der Waals surface area contributed by atoms with E-state index in [9.17, 15) is 14.7 Å². The summed E-state index contributed by atoms with van der Waals surface area (Å²) in [5.74, 6) is 0.487. The van der Waals surface area contributed by atoms with Gasteiger partial charge in [-0.2, -0.15) is 0 Å². The quantitative estimate of drug-likeness (QED) is 0.225. The number of carbonyl (C=O) groups excluding carboxylic acids is 2. The first-order chi connectivity index (χ1) is 22.9. The zero-order chi connectivity index (χ0) is 35.0. The van der Waals surface area contributed by atoms with Gasteiger partial charge in [-0.15, -0.1) is 0 Å². The van der Waals surface area contributed by atoms with Crippen LogP contribution in [-0.2, 0) is 11.3 Å². The summed E-state index contributed by atoms with van der Waals surface area (Å²) in [5.41, 5.74) is 2.75. The topological polar surface area (TPSA) is 129 Å². The molecule has 0 fully saturated rings. The van der Waals surface area contributed by atoms with Crippen LogP contribution in [0, 0.1) is 19.8 Å². The van der Waals surface area contributed by atoms with Crippen LogP contribution in [-0.4, -0.2) is 83.6 Å². The van der Waals surface area contributed by atoms with Crippen LogP contribution in [0.15, 0.2) is 40.9 Å². The van der Waals surface area contributed by atoms with Crippen molar-refractivity contribution in [2.45, 2.75) is 78.7 Å². The van der Waals surface area contributed by atoms with Crippen LogP contribution in [0.1, 0.15) is 67.4 Å². The number of carbonyl (C=O) groups is 2. The molecule has 3 N–H and O–H groups in total. The van der Waals surface area contributed by atoms with Gasteiger partial charge in [0.1, 0.15) is 17.1 Å². The maximum absolute atomic E-state index is 14.4. The minimum Gasteiger partial charge on any atom is -0.490 e. The van der Waals surface area contributed by atoms with Crippen LogP contribution in [0.25, 0.3) is 0 Å².